The van der Waals surface area contributed by atoms with Crippen LogP contribution in [0.5, 0.6) is 0 Å². The average molecular weight is 272 g/mol. The van der Waals surface area contributed by atoms with E-state index in [2.05, 4.69) is 26.1 Å². The van der Waals surface area contributed by atoms with Crippen molar-refractivity contribution in [3.63, 3.8) is 0 Å². The van der Waals surface area contributed by atoms with Crippen molar-refractivity contribution in [2.75, 3.05) is 0 Å². The van der Waals surface area contributed by atoms with Crippen molar-refractivity contribution in [3.05, 3.63) is 34.6 Å². The molecule has 1 unspecified atom stereocenters. The highest BCUT2D eigenvalue weighted by Gasteiger charge is 2.13. The Morgan fingerprint density at radius 3 is 2.67 bits per heavy atom. The van der Waals surface area contributed by atoms with E-state index in [9.17, 15) is 4.39 Å². The number of halogens is 2. The van der Waals surface area contributed by atoms with Gasteiger partial charge in [0, 0.05) is 12.1 Å². The van der Waals surface area contributed by atoms with Gasteiger partial charge in [-0.1, -0.05) is 57.3 Å². The summed E-state index contributed by atoms with van der Waals surface area (Å²) in [6.45, 7) is 6.44. The summed E-state index contributed by atoms with van der Waals surface area (Å²) in [5, 5.41) is 3.80. The smallest absolute Gasteiger partial charge is 0.142 e. The molecular formula is C15H23ClFN. The Labute approximate surface area is 115 Å². The summed E-state index contributed by atoms with van der Waals surface area (Å²) in [5.41, 5.74) is 0.894. The molecule has 1 nitrogen and oxygen atoms in total. The normalized spacial score (nSPS) is 13.0. The summed E-state index contributed by atoms with van der Waals surface area (Å²) in [4.78, 5) is 0. The molecule has 1 atom stereocenters. The molecule has 0 aromatic heterocycles. The first-order chi connectivity index (χ1) is 8.54. The van der Waals surface area contributed by atoms with Crippen LogP contribution >= 0.6 is 11.6 Å². The average Bonchev–Trinajstić information content (AvgIpc) is 2.31. The zero-order valence-electron chi connectivity index (χ0n) is 11.5. The number of nitrogens with one attached hydrogen (secondary N) is 1. The maximum atomic E-state index is 13.4. The molecule has 102 valence electrons. The highest BCUT2D eigenvalue weighted by molar-refractivity contribution is 6.31. The molecule has 3 heteroatoms. The summed E-state index contributed by atoms with van der Waals surface area (Å²) < 4.78 is 13.4. The van der Waals surface area contributed by atoms with Gasteiger partial charge in [-0.3, -0.25) is 0 Å². The highest BCUT2D eigenvalue weighted by Crippen LogP contribution is 2.22. The SMILES string of the molecule is CCCCC(Cc1cccc(F)c1Cl)NC(C)C. The van der Waals surface area contributed by atoms with Crippen LogP contribution in [-0.4, -0.2) is 12.1 Å². The van der Waals surface area contributed by atoms with Crippen molar-refractivity contribution in [1.82, 2.24) is 5.32 Å². The lowest BCUT2D eigenvalue weighted by atomic mass is 10.00. The number of unbranched alkanes of at least 4 members (excludes halogenated alkanes) is 1. The minimum Gasteiger partial charge on any atom is -0.311 e. The van der Waals surface area contributed by atoms with Crippen LogP contribution in [0.1, 0.15) is 45.6 Å². The lowest BCUT2D eigenvalue weighted by Crippen LogP contribution is -2.36. The number of hydrogen-bond donors (Lipinski definition) is 1. The minimum atomic E-state index is -0.326. The minimum absolute atomic E-state index is 0.268. The molecular weight excluding hydrogens is 249 g/mol. The molecule has 0 saturated heterocycles. The van der Waals surface area contributed by atoms with Crippen molar-refractivity contribution >= 4 is 11.6 Å². The molecule has 18 heavy (non-hydrogen) atoms. The van der Waals surface area contributed by atoms with E-state index in [-0.39, 0.29) is 10.8 Å². The van der Waals surface area contributed by atoms with E-state index < -0.39 is 0 Å². The molecule has 0 bridgehead atoms. The van der Waals surface area contributed by atoms with Gasteiger partial charge in [0.25, 0.3) is 0 Å². The van der Waals surface area contributed by atoms with Crippen LogP contribution in [0.3, 0.4) is 0 Å². The van der Waals surface area contributed by atoms with Crippen LogP contribution in [0, 0.1) is 5.82 Å². The van der Waals surface area contributed by atoms with E-state index in [1.165, 1.54) is 18.9 Å². The van der Waals surface area contributed by atoms with Gasteiger partial charge in [0.15, 0.2) is 0 Å². The second-order valence-corrected chi connectivity index (χ2v) is 5.46. The molecule has 0 aliphatic rings. The standard InChI is InChI=1S/C15H23ClFN/c1-4-5-8-13(18-11(2)3)10-12-7-6-9-14(17)15(12)16/h6-7,9,11,13,18H,4-5,8,10H2,1-3H3. The predicted octanol–water partition coefficient (Wildman–Crippen LogP) is 4.58. The van der Waals surface area contributed by atoms with Crippen LogP contribution in [0.4, 0.5) is 4.39 Å². The first-order valence-corrected chi connectivity index (χ1v) is 7.11. The Morgan fingerprint density at radius 1 is 1.33 bits per heavy atom. The summed E-state index contributed by atoms with van der Waals surface area (Å²) in [5.74, 6) is -0.326. The summed E-state index contributed by atoms with van der Waals surface area (Å²) in [7, 11) is 0. The molecule has 0 spiro atoms. The maximum Gasteiger partial charge on any atom is 0.142 e. The van der Waals surface area contributed by atoms with Crippen molar-refractivity contribution < 1.29 is 4.39 Å². The zero-order chi connectivity index (χ0) is 13.5. The van der Waals surface area contributed by atoms with Crippen LogP contribution in [0.2, 0.25) is 5.02 Å². The topological polar surface area (TPSA) is 12.0 Å². The zero-order valence-corrected chi connectivity index (χ0v) is 12.2. The second kappa shape index (κ2) is 7.75. The summed E-state index contributed by atoms with van der Waals surface area (Å²) >= 11 is 6.01. The van der Waals surface area contributed by atoms with Gasteiger partial charge in [-0.15, -0.1) is 0 Å². The molecule has 0 heterocycles. The third kappa shape index (κ3) is 4.95. The second-order valence-electron chi connectivity index (χ2n) is 5.08. The van der Waals surface area contributed by atoms with E-state index in [0.717, 1.165) is 18.4 Å². The van der Waals surface area contributed by atoms with Gasteiger partial charge in [-0.2, -0.15) is 0 Å². The summed E-state index contributed by atoms with van der Waals surface area (Å²) in [6.07, 6.45) is 4.24. The number of hydrogen-bond acceptors (Lipinski definition) is 1. The van der Waals surface area contributed by atoms with Gasteiger partial charge in [0.1, 0.15) is 5.82 Å². The van der Waals surface area contributed by atoms with Gasteiger partial charge < -0.3 is 5.32 Å². The fraction of sp³-hybridized carbons (Fsp3) is 0.600. The first kappa shape index (κ1) is 15.5. The molecule has 1 rings (SSSR count). The fourth-order valence-electron chi connectivity index (χ4n) is 2.14. The first-order valence-electron chi connectivity index (χ1n) is 6.73. The quantitative estimate of drug-likeness (QED) is 0.765. The van der Waals surface area contributed by atoms with Crippen LogP contribution in [0.15, 0.2) is 18.2 Å². The fourth-order valence-corrected chi connectivity index (χ4v) is 2.34. The number of benzene rings is 1. The van der Waals surface area contributed by atoms with E-state index in [1.807, 2.05) is 6.07 Å². The van der Waals surface area contributed by atoms with Gasteiger partial charge in [0.05, 0.1) is 5.02 Å². The molecule has 1 N–H and O–H groups in total. The van der Waals surface area contributed by atoms with Gasteiger partial charge in [0.2, 0.25) is 0 Å². The molecule has 0 saturated carbocycles. The Bertz CT molecular complexity index is 366. The van der Waals surface area contributed by atoms with Gasteiger partial charge in [-0.25, -0.2) is 4.39 Å². The number of rotatable bonds is 7. The maximum absolute atomic E-state index is 13.4. The Kier molecular flexibility index (Phi) is 6.66. The van der Waals surface area contributed by atoms with E-state index >= 15 is 0 Å². The van der Waals surface area contributed by atoms with Crippen LogP contribution in [-0.2, 0) is 6.42 Å². The van der Waals surface area contributed by atoms with Crippen molar-refractivity contribution in [2.45, 2.75) is 58.5 Å². The third-order valence-corrected chi connectivity index (χ3v) is 3.40. The Morgan fingerprint density at radius 2 is 2.06 bits per heavy atom. The lowest BCUT2D eigenvalue weighted by molar-refractivity contribution is 0.424. The van der Waals surface area contributed by atoms with Gasteiger partial charge >= 0.3 is 0 Å². The van der Waals surface area contributed by atoms with Gasteiger partial charge in [-0.05, 0) is 24.5 Å². The van der Waals surface area contributed by atoms with E-state index in [0.29, 0.717) is 12.1 Å². The van der Waals surface area contributed by atoms with Crippen molar-refractivity contribution in [2.24, 2.45) is 0 Å². The van der Waals surface area contributed by atoms with E-state index in [4.69, 9.17) is 11.6 Å². The Hall–Kier alpha value is -0.600. The molecule has 0 aliphatic carbocycles. The molecule has 0 aliphatic heterocycles. The molecule has 0 amide bonds. The van der Waals surface area contributed by atoms with Crippen molar-refractivity contribution in [3.8, 4) is 0 Å². The van der Waals surface area contributed by atoms with Crippen LogP contribution in [0.25, 0.3) is 0 Å². The highest BCUT2D eigenvalue weighted by atomic mass is 35.5. The lowest BCUT2D eigenvalue weighted by Gasteiger charge is -2.22. The molecule has 1 aromatic rings. The molecule has 1 aromatic carbocycles. The Balaban J connectivity index is 2.72. The van der Waals surface area contributed by atoms with Crippen molar-refractivity contribution in [1.29, 1.82) is 0 Å². The third-order valence-electron chi connectivity index (χ3n) is 2.97. The van der Waals surface area contributed by atoms with E-state index in [1.54, 1.807) is 6.07 Å². The largest absolute Gasteiger partial charge is 0.311 e. The monoisotopic (exact) mass is 271 g/mol. The predicted molar refractivity (Wildman–Crippen MR) is 76.7 cm³/mol. The molecule has 0 radical (unpaired) electrons. The van der Waals surface area contributed by atoms with Crippen LogP contribution < -0.4 is 5.32 Å². The molecule has 0 fully saturated rings. The summed E-state index contributed by atoms with van der Waals surface area (Å²) in [6, 6.07) is 5.83.